The molecule has 2 heterocycles. The summed E-state index contributed by atoms with van der Waals surface area (Å²) in [4.78, 5) is 19.2. The SMILES string of the molecule is CCc1ccc(Nc2cc(C(=O)N3CCc4ccccc4C3)ccn2)cc1. The highest BCUT2D eigenvalue weighted by Gasteiger charge is 2.21. The predicted molar refractivity (Wildman–Crippen MR) is 108 cm³/mol. The van der Waals surface area contributed by atoms with E-state index in [1.807, 2.05) is 29.2 Å². The first-order valence-electron chi connectivity index (χ1n) is 9.41. The monoisotopic (exact) mass is 357 g/mol. The number of benzene rings is 2. The Hall–Kier alpha value is -3.14. The van der Waals surface area contributed by atoms with Crippen molar-refractivity contribution < 1.29 is 4.79 Å². The fourth-order valence-electron chi connectivity index (χ4n) is 3.46. The van der Waals surface area contributed by atoms with Crippen molar-refractivity contribution in [1.82, 2.24) is 9.88 Å². The number of hydrogen-bond acceptors (Lipinski definition) is 3. The van der Waals surface area contributed by atoms with Crippen LogP contribution in [0, 0.1) is 0 Å². The average molecular weight is 357 g/mol. The van der Waals surface area contributed by atoms with E-state index in [0.29, 0.717) is 17.9 Å². The van der Waals surface area contributed by atoms with E-state index in [2.05, 4.69) is 47.6 Å². The van der Waals surface area contributed by atoms with Crippen molar-refractivity contribution in [2.75, 3.05) is 11.9 Å². The predicted octanol–water partition coefficient (Wildman–Crippen LogP) is 4.59. The number of carbonyl (C=O) groups excluding carboxylic acids is 1. The van der Waals surface area contributed by atoms with Gasteiger partial charge in [0.1, 0.15) is 5.82 Å². The largest absolute Gasteiger partial charge is 0.340 e. The Morgan fingerprint density at radius 3 is 2.63 bits per heavy atom. The van der Waals surface area contributed by atoms with Gasteiger partial charge in [0.05, 0.1) is 0 Å². The molecule has 0 radical (unpaired) electrons. The molecule has 1 amide bonds. The zero-order valence-corrected chi connectivity index (χ0v) is 15.5. The van der Waals surface area contributed by atoms with E-state index in [0.717, 1.165) is 25.1 Å². The van der Waals surface area contributed by atoms with Gasteiger partial charge in [0.15, 0.2) is 0 Å². The molecular formula is C23H23N3O. The minimum absolute atomic E-state index is 0.0521. The number of aromatic nitrogens is 1. The van der Waals surface area contributed by atoms with Crippen molar-refractivity contribution in [3.63, 3.8) is 0 Å². The van der Waals surface area contributed by atoms with Crippen molar-refractivity contribution in [1.29, 1.82) is 0 Å². The molecule has 0 saturated heterocycles. The van der Waals surface area contributed by atoms with Gasteiger partial charge in [-0.1, -0.05) is 43.3 Å². The molecule has 1 N–H and O–H groups in total. The molecule has 0 spiro atoms. The Balaban J connectivity index is 1.49. The number of nitrogens with zero attached hydrogens (tertiary/aromatic N) is 2. The van der Waals surface area contributed by atoms with E-state index in [-0.39, 0.29) is 5.91 Å². The summed E-state index contributed by atoms with van der Waals surface area (Å²) in [5.74, 6) is 0.735. The molecule has 27 heavy (non-hydrogen) atoms. The van der Waals surface area contributed by atoms with Crippen LogP contribution >= 0.6 is 0 Å². The van der Waals surface area contributed by atoms with Crippen LogP contribution in [-0.2, 0) is 19.4 Å². The third-order valence-corrected chi connectivity index (χ3v) is 5.06. The fraction of sp³-hybridized carbons (Fsp3) is 0.217. The number of pyridine rings is 1. The lowest BCUT2D eigenvalue weighted by Gasteiger charge is -2.29. The molecule has 0 atom stereocenters. The number of rotatable bonds is 4. The highest BCUT2D eigenvalue weighted by molar-refractivity contribution is 5.95. The molecule has 3 aromatic rings. The second-order valence-electron chi connectivity index (χ2n) is 6.85. The molecule has 1 aliphatic rings. The van der Waals surface area contributed by atoms with Crippen LogP contribution in [0.4, 0.5) is 11.5 Å². The molecule has 0 unspecified atom stereocenters. The van der Waals surface area contributed by atoms with Crippen LogP contribution in [-0.4, -0.2) is 22.3 Å². The summed E-state index contributed by atoms with van der Waals surface area (Å²) in [6.07, 6.45) is 3.61. The van der Waals surface area contributed by atoms with Crippen molar-refractivity contribution in [2.24, 2.45) is 0 Å². The average Bonchev–Trinajstić information content (AvgIpc) is 2.73. The normalized spacial score (nSPS) is 13.1. The molecule has 4 heteroatoms. The smallest absolute Gasteiger partial charge is 0.254 e. The topological polar surface area (TPSA) is 45.2 Å². The van der Waals surface area contributed by atoms with Crippen LogP contribution in [0.1, 0.15) is 34.0 Å². The van der Waals surface area contributed by atoms with Gasteiger partial charge in [-0.25, -0.2) is 4.98 Å². The molecule has 4 nitrogen and oxygen atoms in total. The minimum atomic E-state index is 0.0521. The molecule has 1 aromatic heterocycles. The minimum Gasteiger partial charge on any atom is -0.340 e. The van der Waals surface area contributed by atoms with E-state index in [1.165, 1.54) is 16.7 Å². The van der Waals surface area contributed by atoms with Gasteiger partial charge in [-0.15, -0.1) is 0 Å². The first-order valence-corrected chi connectivity index (χ1v) is 9.41. The number of aryl methyl sites for hydroxylation is 1. The molecule has 4 rings (SSSR count). The van der Waals surface area contributed by atoms with Gasteiger partial charge < -0.3 is 10.2 Å². The Labute approximate surface area is 159 Å². The van der Waals surface area contributed by atoms with Gasteiger partial charge in [-0.3, -0.25) is 4.79 Å². The second kappa shape index (κ2) is 7.62. The summed E-state index contributed by atoms with van der Waals surface area (Å²) >= 11 is 0. The highest BCUT2D eigenvalue weighted by atomic mass is 16.2. The summed E-state index contributed by atoms with van der Waals surface area (Å²) in [6, 6.07) is 20.2. The van der Waals surface area contributed by atoms with Gasteiger partial charge in [-0.05, 0) is 53.8 Å². The van der Waals surface area contributed by atoms with Crippen LogP contribution in [0.3, 0.4) is 0 Å². The molecule has 0 fully saturated rings. The fourth-order valence-corrected chi connectivity index (χ4v) is 3.46. The Kier molecular flexibility index (Phi) is 4.88. The van der Waals surface area contributed by atoms with Crippen LogP contribution < -0.4 is 5.32 Å². The van der Waals surface area contributed by atoms with Crippen LogP contribution in [0.5, 0.6) is 0 Å². The summed E-state index contributed by atoms with van der Waals surface area (Å²) in [7, 11) is 0. The van der Waals surface area contributed by atoms with Gasteiger partial charge in [0, 0.05) is 30.5 Å². The van der Waals surface area contributed by atoms with Crippen molar-refractivity contribution in [2.45, 2.75) is 26.3 Å². The molecule has 1 aliphatic heterocycles. The van der Waals surface area contributed by atoms with E-state index in [4.69, 9.17) is 0 Å². The van der Waals surface area contributed by atoms with Gasteiger partial charge in [-0.2, -0.15) is 0 Å². The number of nitrogens with one attached hydrogen (secondary N) is 1. The first kappa shape index (κ1) is 17.3. The Morgan fingerprint density at radius 2 is 1.85 bits per heavy atom. The van der Waals surface area contributed by atoms with Gasteiger partial charge in [0.2, 0.25) is 0 Å². The van der Waals surface area contributed by atoms with Crippen molar-refractivity contribution in [3.8, 4) is 0 Å². The van der Waals surface area contributed by atoms with Crippen molar-refractivity contribution in [3.05, 3.63) is 89.1 Å². The summed E-state index contributed by atoms with van der Waals surface area (Å²) in [6.45, 7) is 3.55. The molecule has 2 aromatic carbocycles. The maximum Gasteiger partial charge on any atom is 0.254 e. The van der Waals surface area contributed by atoms with Gasteiger partial charge >= 0.3 is 0 Å². The third-order valence-electron chi connectivity index (χ3n) is 5.06. The molecular weight excluding hydrogens is 334 g/mol. The lowest BCUT2D eigenvalue weighted by molar-refractivity contribution is 0.0734. The standard InChI is InChI=1S/C23H23N3O/c1-2-17-7-9-21(10-8-17)25-22-15-19(11-13-24-22)23(27)26-14-12-18-5-3-4-6-20(18)16-26/h3-11,13,15H,2,12,14,16H2,1H3,(H,24,25). The molecule has 136 valence electrons. The number of hydrogen-bond donors (Lipinski definition) is 1. The number of amides is 1. The van der Waals surface area contributed by atoms with Crippen LogP contribution in [0.15, 0.2) is 66.9 Å². The second-order valence-corrected chi connectivity index (χ2v) is 6.85. The maximum absolute atomic E-state index is 13.0. The molecule has 0 saturated carbocycles. The van der Waals surface area contributed by atoms with E-state index >= 15 is 0 Å². The Bertz CT molecular complexity index is 950. The lowest BCUT2D eigenvalue weighted by Crippen LogP contribution is -2.35. The van der Waals surface area contributed by atoms with Crippen LogP contribution in [0.25, 0.3) is 0 Å². The zero-order valence-electron chi connectivity index (χ0n) is 15.5. The summed E-state index contributed by atoms with van der Waals surface area (Å²) in [5.41, 5.74) is 5.51. The van der Waals surface area contributed by atoms with Crippen LogP contribution in [0.2, 0.25) is 0 Å². The number of carbonyl (C=O) groups is 1. The van der Waals surface area contributed by atoms with E-state index in [9.17, 15) is 4.79 Å². The number of anilines is 2. The lowest BCUT2D eigenvalue weighted by atomic mass is 9.99. The Morgan fingerprint density at radius 1 is 1.07 bits per heavy atom. The first-order chi connectivity index (χ1) is 13.2. The van der Waals surface area contributed by atoms with Crippen molar-refractivity contribution >= 4 is 17.4 Å². The molecule has 0 bridgehead atoms. The quantitative estimate of drug-likeness (QED) is 0.743. The third kappa shape index (κ3) is 3.85. The number of fused-ring (bicyclic) bond motifs is 1. The maximum atomic E-state index is 13.0. The zero-order chi connectivity index (χ0) is 18.6. The van der Waals surface area contributed by atoms with E-state index < -0.39 is 0 Å². The molecule has 0 aliphatic carbocycles. The summed E-state index contributed by atoms with van der Waals surface area (Å²) < 4.78 is 0. The van der Waals surface area contributed by atoms with Gasteiger partial charge in [0.25, 0.3) is 5.91 Å². The summed E-state index contributed by atoms with van der Waals surface area (Å²) in [5, 5.41) is 3.29. The van der Waals surface area contributed by atoms with E-state index in [1.54, 1.807) is 12.3 Å². The highest BCUT2D eigenvalue weighted by Crippen LogP contribution is 2.22.